The van der Waals surface area contributed by atoms with Crippen LogP contribution in [-0.4, -0.2) is 15.6 Å². The Morgan fingerprint density at radius 2 is 2.13 bits per heavy atom. The number of fused-ring (bicyclic) bond motifs is 1. The first-order valence-corrected chi connectivity index (χ1v) is 5.34. The first-order chi connectivity index (χ1) is 7.11. The third-order valence-corrected chi connectivity index (χ3v) is 3.36. The Balaban J connectivity index is 2.69. The SMILES string of the molecule is Cn1c(CC(=O)O)c(Br)c2ccccc21. The molecule has 1 aromatic heterocycles. The summed E-state index contributed by atoms with van der Waals surface area (Å²) in [7, 11) is 1.88. The molecule has 0 atom stereocenters. The number of aromatic nitrogens is 1. The fourth-order valence-electron chi connectivity index (χ4n) is 1.74. The average Bonchev–Trinajstić information content (AvgIpc) is 2.44. The Morgan fingerprint density at radius 3 is 2.73 bits per heavy atom. The van der Waals surface area contributed by atoms with Crippen molar-refractivity contribution >= 4 is 32.8 Å². The minimum atomic E-state index is -0.818. The van der Waals surface area contributed by atoms with Crippen LogP contribution in [0.3, 0.4) is 0 Å². The zero-order valence-corrected chi connectivity index (χ0v) is 9.78. The Kier molecular flexibility index (Phi) is 2.52. The normalized spacial score (nSPS) is 10.8. The van der Waals surface area contributed by atoms with E-state index in [-0.39, 0.29) is 6.42 Å². The molecule has 0 spiro atoms. The molecule has 2 aromatic rings. The number of carboxylic acid groups (broad SMARTS) is 1. The number of hydrogen-bond acceptors (Lipinski definition) is 1. The molecule has 15 heavy (non-hydrogen) atoms. The number of nitrogens with zero attached hydrogens (tertiary/aromatic N) is 1. The number of benzene rings is 1. The van der Waals surface area contributed by atoms with Crippen molar-refractivity contribution in [1.82, 2.24) is 4.57 Å². The van der Waals surface area contributed by atoms with Crippen LogP contribution in [0, 0.1) is 0 Å². The Labute approximate surface area is 95.5 Å². The molecule has 0 radical (unpaired) electrons. The largest absolute Gasteiger partial charge is 0.481 e. The number of aryl methyl sites for hydroxylation is 1. The first-order valence-electron chi connectivity index (χ1n) is 4.55. The zero-order valence-electron chi connectivity index (χ0n) is 8.20. The molecule has 3 nitrogen and oxygen atoms in total. The molecule has 0 bridgehead atoms. The summed E-state index contributed by atoms with van der Waals surface area (Å²) in [4.78, 5) is 10.7. The molecule has 4 heteroatoms. The predicted octanol–water partition coefficient (Wildman–Crippen LogP) is 2.57. The van der Waals surface area contributed by atoms with E-state index in [0.29, 0.717) is 0 Å². The Bertz CT molecular complexity index is 492. The number of carbonyl (C=O) groups is 1. The Morgan fingerprint density at radius 1 is 1.47 bits per heavy atom. The van der Waals surface area contributed by atoms with Crippen LogP contribution in [-0.2, 0) is 18.3 Å². The summed E-state index contributed by atoms with van der Waals surface area (Å²) in [5, 5.41) is 9.86. The van der Waals surface area contributed by atoms with E-state index in [9.17, 15) is 4.79 Å². The van der Waals surface area contributed by atoms with Gasteiger partial charge in [-0.05, 0) is 22.0 Å². The molecule has 1 N–H and O–H groups in total. The van der Waals surface area contributed by atoms with Crippen LogP contribution in [0.1, 0.15) is 5.69 Å². The van der Waals surface area contributed by atoms with Gasteiger partial charge in [-0.3, -0.25) is 4.79 Å². The second-order valence-electron chi connectivity index (χ2n) is 3.41. The van der Waals surface area contributed by atoms with Gasteiger partial charge in [0.25, 0.3) is 0 Å². The van der Waals surface area contributed by atoms with E-state index in [0.717, 1.165) is 21.1 Å². The number of para-hydroxylation sites is 1. The highest BCUT2D eigenvalue weighted by molar-refractivity contribution is 9.10. The second kappa shape index (κ2) is 3.70. The van der Waals surface area contributed by atoms with E-state index < -0.39 is 5.97 Å². The van der Waals surface area contributed by atoms with Gasteiger partial charge >= 0.3 is 5.97 Å². The third kappa shape index (κ3) is 1.65. The number of aliphatic carboxylic acids is 1. The van der Waals surface area contributed by atoms with Crippen LogP contribution >= 0.6 is 15.9 Å². The van der Waals surface area contributed by atoms with Gasteiger partial charge in [-0.25, -0.2) is 0 Å². The molecule has 78 valence electrons. The highest BCUT2D eigenvalue weighted by atomic mass is 79.9. The van der Waals surface area contributed by atoms with Gasteiger partial charge in [-0.2, -0.15) is 0 Å². The molecule has 1 aromatic carbocycles. The molecule has 0 saturated heterocycles. The predicted molar refractivity (Wildman–Crippen MR) is 62.0 cm³/mol. The van der Waals surface area contributed by atoms with Crippen molar-refractivity contribution in [2.75, 3.05) is 0 Å². The maximum absolute atomic E-state index is 10.7. The smallest absolute Gasteiger partial charge is 0.309 e. The van der Waals surface area contributed by atoms with Gasteiger partial charge in [0, 0.05) is 28.1 Å². The Hall–Kier alpha value is -1.29. The standard InChI is InChI=1S/C11H10BrNO2/c1-13-8-5-3-2-4-7(8)11(12)9(13)6-10(14)15/h2-5H,6H2,1H3,(H,14,15). The summed E-state index contributed by atoms with van der Waals surface area (Å²) in [6.45, 7) is 0. The van der Waals surface area contributed by atoms with E-state index in [2.05, 4.69) is 15.9 Å². The molecular formula is C11H10BrNO2. The second-order valence-corrected chi connectivity index (χ2v) is 4.20. The first kappa shape index (κ1) is 10.2. The summed E-state index contributed by atoms with van der Waals surface area (Å²) in [5.74, 6) is -0.818. The van der Waals surface area contributed by atoms with E-state index in [1.165, 1.54) is 0 Å². The van der Waals surface area contributed by atoms with Crippen LogP contribution < -0.4 is 0 Å². The molecule has 0 aliphatic heterocycles. The summed E-state index contributed by atoms with van der Waals surface area (Å²) in [6.07, 6.45) is 0.0335. The summed E-state index contributed by atoms with van der Waals surface area (Å²) >= 11 is 3.45. The quantitative estimate of drug-likeness (QED) is 0.909. The summed E-state index contributed by atoms with van der Waals surface area (Å²) in [6, 6.07) is 7.84. The molecule has 0 fully saturated rings. The van der Waals surface area contributed by atoms with Gasteiger partial charge < -0.3 is 9.67 Å². The molecular weight excluding hydrogens is 258 g/mol. The van der Waals surface area contributed by atoms with Gasteiger partial charge in [0.1, 0.15) is 0 Å². The van der Waals surface area contributed by atoms with Crippen LogP contribution in [0.5, 0.6) is 0 Å². The maximum Gasteiger partial charge on any atom is 0.309 e. The van der Waals surface area contributed by atoms with Gasteiger partial charge in [0.2, 0.25) is 0 Å². The summed E-state index contributed by atoms with van der Waals surface area (Å²) in [5.41, 5.74) is 1.84. The van der Waals surface area contributed by atoms with Gasteiger partial charge in [0.15, 0.2) is 0 Å². The van der Waals surface area contributed by atoms with Gasteiger partial charge in [-0.15, -0.1) is 0 Å². The van der Waals surface area contributed by atoms with E-state index in [1.54, 1.807) is 0 Å². The maximum atomic E-state index is 10.7. The lowest BCUT2D eigenvalue weighted by Crippen LogP contribution is -2.05. The van der Waals surface area contributed by atoms with Crippen molar-refractivity contribution in [3.63, 3.8) is 0 Å². The van der Waals surface area contributed by atoms with Crippen LogP contribution in [0.15, 0.2) is 28.7 Å². The lowest BCUT2D eigenvalue weighted by atomic mass is 10.2. The van der Waals surface area contributed by atoms with E-state index in [4.69, 9.17) is 5.11 Å². The minimum Gasteiger partial charge on any atom is -0.481 e. The average molecular weight is 268 g/mol. The van der Waals surface area contributed by atoms with Crippen molar-refractivity contribution in [2.24, 2.45) is 7.05 Å². The van der Waals surface area contributed by atoms with Crippen molar-refractivity contribution in [1.29, 1.82) is 0 Å². The molecule has 0 saturated carbocycles. The number of halogens is 1. The van der Waals surface area contributed by atoms with Crippen LogP contribution in [0.4, 0.5) is 0 Å². The van der Waals surface area contributed by atoms with E-state index in [1.807, 2.05) is 35.9 Å². The number of hydrogen-bond donors (Lipinski definition) is 1. The molecule has 0 aliphatic rings. The van der Waals surface area contributed by atoms with Crippen molar-refractivity contribution in [3.05, 3.63) is 34.4 Å². The fourth-order valence-corrected chi connectivity index (χ4v) is 2.48. The lowest BCUT2D eigenvalue weighted by molar-refractivity contribution is -0.136. The van der Waals surface area contributed by atoms with Crippen LogP contribution in [0.25, 0.3) is 10.9 Å². The third-order valence-electron chi connectivity index (χ3n) is 2.48. The minimum absolute atomic E-state index is 0.0335. The van der Waals surface area contributed by atoms with Crippen molar-refractivity contribution in [2.45, 2.75) is 6.42 Å². The monoisotopic (exact) mass is 267 g/mol. The van der Waals surface area contributed by atoms with Gasteiger partial charge in [0.05, 0.1) is 6.42 Å². The van der Waals surface area contributed by atoms with Crippen LogP contribution in [0.2, 0.25) is 0 Å². The molecule has 0 unspecified atom stereocenters. The molecule has 1 heterocycles. The van der Waals surface area contributed by atoms with Gasteiger partial charge in [-0.1, -0.05) is 18.2 Å². The zero-order chi connectivity index (χ0) is 11.0. The van der Waals surface area contributed by atoms with Crippen molar-refractivity contribution in [3.8, 4) is 0 Å². The number of carboxylic acids is 1. The molecule has 0 aliphatic carbocycles. The molecule has 2 rings (SSSR count). The molecule has 0 amide bonds. The van der Waals surface area contributed by atoms with E-state index >= 15 is 0 Å². The summed E-state index contributed by atoms with van der Waals surface area (Å²) < 4.78 is 2.79. The lowest BCUT2D eigenvalue weighted by Gasteiger charge is -2.01. The van der Waals surface area contributed by atoms with Crippen molar-refractivity contribution < 1.29 is 9.90 Å². The topological polar surface area (TPSA) is 42.2 Å². The fraction of sp³-hybridized carbons (Fsp3) is 0.182. The highest BCUT2D eigenvalue weighted by Gasteiger charge is 2.14. The highest BCUT2D eigenvalue weighted by Crippen LogP contribution is 2.30. The number of rotatable bonds is 2.